The summed E-state index contributed by atoms with van der Waals surface area (Å²) >= 11 is 0. The molecule has 22 heavy (non-hydrogen) atoms. The number of ether oxygens (including phenoxy) is 2. The molecule has 2 aromatic rings. The van der Waals surface area contributed by atoms with Crippen LogP contribution < -0.4 is 4.74 Å². The highest BCUT2D eigenvalue weighted by Gasteiger charge is 2.27. The lowest BCUT2D eigenvalue weighted by Crippen LogP contribution is -2.26. The van der Waals surface area contributed by atoms with Crippen LogP contribution in [0.15, 0.2) is 48.5 Å². The molecule has 0 saturated carbocycles. The molecule has 0 spiro atoms. The molecule has 0 saturated heterocycles. The standard InChI is InChI=1S/C18H15FO3/c1-4-18(3,22-13(2)20)14-9-11-15(12-10-14)21-17-8-6-5-7-16(17)19/h1,5-12H,2-3H3. The number of hydrogen-bond acceptors (Lipinski definition) is 3. The summed E-state index contributed by atoms with van der Waals surface area (Å²) in [6, 6.07) is 12.8. The number of halogens is 1. The average Bonchev–Trinajstić information content (AvgIpc) is 2.49. The van der Waals surface area contributed by atoms with E-state index in [0.29, 0.717) is 11.3 Å². The van der Waals surface area contributed by atoms with E-state index < -0.39 is 17.4 Å². The van der Waals surface area contributed by atoms with Gasteiger partial charge in [0.15, 0.2) is 17.2 Å². The van der Waals surface area contributed by atoms with Gasteiger partial charge in [-0.1, -0.05) is 30.2 Å². The largest absolute Gasteiger partial charge is 0.454 e. The molecule has 2 aromatic carbocycles. The van der Waals surface area contributed by atoms with Gasteiger partial charge in [0.05, 0.1) is 0 Å². The summed E-state index contributed by atoms with van der Waals surface area (Å²) in [6.07, 6.45) is 5.46. The molecule has 112 valence electrons. The van der Waals surface area contributed by atoms with Gasteiger partial charge in [-0.25, -0.2) is 4.39 Å². The molecule has 4 heteroatoms. The second-order valence-corrected chi connectivity index (χ2v) is 4.83. The maximum absolute atomic E-state index is 13.5. The van der Waals surface area contributed by atoms with E-state index in [1.165, 1.54) is 19.1 Å². The van der Waals surface area contributed by atoms with E-state index in [0.717, 1.165) is 0 Å². The van der Waals surface area contributed by atoms with Crippen molar-refractivity contribution < 1.29 is 18.7 Å². The highest BCUT2D eigenvalue weighted by atomic mass is 19.1. The number of para-hydroxylation sites is 1. The number of benzene rings is 2. The van der Waals surface area contributed by atoms with Crippen molar-refractivity contribution in [3.63, 3.8) is 0 Å². The maximum Gasteiger partial charge on any atom is 0.304 e. The van der Waals surface area contributed by atoms with Gasteiger partial charge in [-0.05, 0) is 31.2 Å². The van der Waals surface area contributed by atoms with Crippen molar-refractivity contribution in [2.24, 2.45) is 0 Å². The lowest BCUT2D eigenvalue weighted by atomic mass is 9.96. The van der Waals surface area contributed by atoms with E-state index in [-0.39, 0.29) is 5.75 Å². The molecule has 0 N–H and O–H groups in total. The molecule has 0 aliphatic rings. The van der Waals surface area contributed by atoms with Gasteiger partial charge in [0.25, 0.3) is 0 Å². The van der Waals surface area contributed by atoms with Crippen LogP contribution in [-0.2, 0) is 15.1 Å². The van der Waals surface area contributed by atoms with Crippen LogP contribution in [-0.4, -0.2) is 5.97 Å². The zero-order valence-electron chi connectivity index (χ0n) is 12.3. The minimum absolute atomic E-state index is 0.134. The Balaban J connectivity index is 2.22. The smallest absolute Gasteiger partial charge is 0.304 e. The minimum Gasteiger partial charge on any atom is -0.454 e. The zero-order chi connectivity index (χ0) is 16.2. The van der Waals surface area contributed by atoms with E-state index in [1.54, 1.807) is 43.3 Å². The number of carbonyl (C=O) groups is 1. The first kappa shape index (κ1) is 15.6. The summed E-state index contributed by atoms with van der Waals surface area (Å²) in [5, 5.41) is 0. The van der Waals surface area contributed by atoms with Crippen LogP contribution in [0.5, 0.6) is 11.5 Å². The number of rotatable bonds is 4. The zero-order valence-corrected chi connectivity index (χ0v) is 12.3. The molecule has 2 rings (SSSR count). The van der Waals surface area contributed by atoms with Gasteiger partial charge >= 0.3 is 5.97 Å². The van der Waals surface area contributed by atoms with E-state index in [4.69, 9.17) is 15.9 Å². The average molecular weight is 298 g/mol. The summed E-state index contributed by atoms with van der Waals surface area (Å²) in [5.74, 6) is 2.14. The molecule has 0 heterocycles. The Morgan fingerprint density at radius 2 is 1.82 bits per heavy atom. The third kappa shape index (κ3) is 3.44. The fourth-order valence-corrected chi connectivity index (χ4v) is 1.95. The molecular weight excluding hydrogens is 283 g/mol. The molecule has 0 aromatic heterocycles. The molecular formula is C18H15FO3. The van der Waals surface area contributed by atoms with Crippen molar-refractivity contribution in [2.75, 3.05) is 0 Å². The molecule has 3 nitrogen and oxygen atoms in total. The Morgan fingerprint density at radius 3 is 2.36 bits per heavy atom. The van der Waals surface area contributed by atoms with Crippen molar-refractivity contribution >= 4 is 5.97 Å². The lowest BCUT2D eigenvalue weighted by Gasteiger charge is -2.23. The second-order valence-electron chi connectivity index (χ2n) is 4.83. The third-order valence-electron chi connectivity index (χ3n) is 3.09. The monoisotopic (exact) mass is 298 g/mol. The molecule has 1 unspecified atom stereocenters. The fraction of sp³-hybridized carbons (Fsp3) is 0.167. The highest BCUT2D eigenvalue weighted by molar-refractivity contribution is 5.67. The first-order valence-electron chi connectivity index (χ1n) is 6.65. The van der Waals surface area contributed by atoms with Crippen molar-refractivity contribution in [2.45, 2.75) is 19.4 Å². The second kappa shape index (κ2) is 6.31. The number of esters is 1. The summed E-state index contributed by atoms with van der Waals surface area (Å²) in [6.45, 7) is 2.92. The van der Waals surface area contributed by atoms with Crippen LogP contribution in [0.3, 0.4) is 0 Å². The predicted octanol–water partition coefficient (Wildman–Crippen LogP) is 4.03. The fourth-order valence-electron chi connectivity index (χ4n) is 1.95. The van der Waals surface area contributed by atoms with Gasteiger partial charge in [0.2, 0.25) is 0 Å². The molecule has 0 bridgehead atoms. The van der Waals surface area contributed by atoms with E-state index in [1.807, 2.05) is 0 Å². The minimum atomic E-state index is -1.15. The van der Waals surface area contributed by atoms with Crippen LogP contribution in [0.2, 0.25) is 0 Å². The first-order valence-corrected chi connectivity index (χ1v) is 6.65. The predicted molar refractivity (Wildman–Crippen MR) is 80.9 cm³/mol. The van der Waals surface area contributed by atoms with Crippen molar-refractivity contribution in [3.8, 4) is 23.8 Å². The van der Waals surface area contributed by atoms with Gasteiger partial charge in [0, 0.05) is 12.5 Å². The number of hydrogen-bond donors (Lipinski definition) is 0. The first-order chi connectivity index (χ1) is 10.4. The van der Waals surface area contributed by atoms with Crippen molar-refractivity contribution in [1.29, 1.82) is 0 Å². The quantitative estimate of drug-likeness (QED) is 0.631. The van der Waals surface area contributed by atoms with Crippen molar-refractivity contribution in [3.05, 3.63) is 59.9 Å². The Morgan fingerprint density at radius 1 is 1.18 bits per heavy atom. The summed E-state index contributed by atoms with van der Waals surface area (Å²) in [4.78, 5) is 11.2. The van der Waals surface area contributed by atoms with E-state index >= 15 is 0 Å². The summed E-state index contributed by atoms with van der Waals surface area (Å²) in [7, 11) is 0. The molecule has 0 aliphatic carbocycles. The van der Waals surface area contributed by atoms with Crippen LogP contribution >= 0.6 is 0 Å². The Bertz CT molecular complexity index is 716. The molecule has 0 aliphatic heterocycles. The van der Waals surface area contributed by atoms with Gasteiger partial charge in [0.1, 0.15) is 5.75 Å². The van der Waals surface area contributed by atoms with Gasteiger partial charge in [-0.3, -0.25) is 4.79 Å². The van der Waals surface area contributed by atoms with Gasteiger partial charge in [-0.15, -0.1) is 6.42 Å². The molecule has 0 radical (unpaired) electrons. The third-order valence-corrected chi connectivity index (χ3v) is 3.09. The molecule has 0 amide bonds. The van der Waals surface area contributed by atoms with Gasteiger partial charge < -0.3 is 9.47 Å². The normalized spacial score (nSPS) is 12.8. The van der Waals surface area contributed by atoms with Crippen molar-refractivity contribution in [1.82, 2.24) is 0 Å². The number of carbonyl (C=O) groups excluding carboxylic acids is 1. The maximum atomic E-state index is 13.5. The van der Waals surface area contributed by atoms with Crippen LogP contribution in [0.25, 0.3) is 0 Å². The Labute approximate surface area is 128 Å². The Kier molecular flexibility index (Phi) is 4.47. The number of terminal acetylenes is 1. The summed E-state index contributed by atoms with van der Waals surface area (Å²) in [5.41, 5.74) is -0.520. The van der Waals surface area contributed by atoms with Gasteiger partial charge in [-0.2, -0.15) is 0 Å². The van der Waals surface area contributed by atoms with Crippen LogP contribution in [0, 0.1) is 18.2 Å². The van der Waals surface area contributed by atoms with E-state index in [2.05, 4.69) is 5.92 Å². The Hall–Kier alpha value is -2.80. The lowest BCUT2D eigenvalue weighted by molar-refractivity contribution is -0.151. The highest BCUT2D eigenvalue weighted by Crippen LogP contribution is 2.29. The molecule has 1 atom stereocenters. The SMILES string of the molecule is C#CC(C)(OC(C)=O)c1ccc(Oc2ccccc2F)cc1. The summed E-state index contributed by atoms with van der Waals surface area (Å²) < 4.78 is 24.2. The van der Waals surface area contributed by atoms with Crippen LogP contribution in [0.4, 0.5) is 4.39 Å². The van der Waals surface area contributed by atoms with Crippen LogP contribution in [0.1, 0.15) is 19.4 Å². The van der Waals surface area contributed by atoms with E-state index in [9.17, 15) is 9.18 Å². The molecule has 0 fully saturated rings. The topological polar surface area (TPSA) is 35.5 Å².